The zero-order valence-corrected chi connectivity index (χ0v) is 12.6. The molecule has 1 N–H and O–H groups in total. The predicted molar refractivity (Wildman–Crippen MR) is 81.5 cm³/mol. The number of rotatable bonds is 10. The van der Waals surface area contributed by atoms with Crippen molar-refractivity contribution in [1.82, 2.24) is 10.2 Å². The van der Waals surface area contributed by atoms with Crippen LogP contribution in [0.25, 0.3) is 0 Å². The van der Waals surface area contributed by atoms with Crippen molar-refractivity contribution in [2.24, 2.45) is 0 Å². The topological polar surface area (TPSA) is 24.5 Å². The molecule has 0 fully saturated rings. The van der Waals surface area contributed by atoms with Crippen molar-refractivity contribution in [3.8, 4) is 0 Å². The maximum absolute atomic E-state index is 5.09. The van der Waals surface area contributed by atoms with Crippen LogP contribution in [-0.2, 0) is 4.74 Å². The molecule has 1 atom stereocenters. The van der Waals surface area contributed by atoms with Gasteiger partial charge < -0.3 is 15.0 Å². The van der Waals surface area contributed by atoms with Crippen molar-refractivity contribution in [1.29, 1.82) is 0 Å². The van der Waals surface area contributed by atoms with E-state index in [0.717, 1.165) is 26.2 Å². The van der Waals surface area contributed by atoms with Crippen LogP contribution in [0.4, 0.5) is 0 Å². The van der Waals surface area contributed by atoms with Crippen molar-refractivity contribution < 1.29 is 4.74 Å². The highest BCUT2D eigenvalue weighted by molar-refractivity contribution is 5.18. The molecule has 3 nitrogen and oxygen atoms in total. The molecular formula is C16H28N2O. The van der Waals surface area contributed by atoms with Gasteiger partial charge >= 0.3 is 0 Å². The highest BCUT2D eigenvalue weighted by Gasteiger charge is 2.09. The summed E-state index contributed by atoms with van der Waals surface area (Å²) in [7, 11) is 3.89. The Morgan fingerprint density at radius 1 is 1.21 bits per heavy atom. The molecule has 0 radical (unpaired) electrons. The second-order valence-corrected chi connectivity index (χ2v) is 5.00. The average Bonchev–Trinajstić information content (AvgIpc) is 2.45. The van der Waals surface area contributed by atoms with Crippen LogP contribution < -0.4 is 5.32 Å². The number of nitrogens with zero attached hydrogens (tertiary/aromatic N) is 1. The molecule has 0 aliphatic rings. The van der Waals surface area contributed by atoms with E-state index < -0.39 is 0 Å². The van der Waals surface area contributed by atoms with Gasteiger partial charge in [-0.3, -0.25) is 0 Å². The molecule has 0 aliphatic carbocycles. The van der Waals surface area contributed by atoms with Crippen molar-refractivity contribution in [3.05, 3.63) is 35.9 Å². The molecule has 0 saturated heterocycles. The molecule has 19 heavy (non-hydrogen) atoms. The Bertz CT molecular complexity index is 316. The minimum absolute atomic E-state index is 0.474. The molecule has 0 spiro atoms. The SMILES string of the molecule is CCCC(NCCN(C)CCOC)c1ccccc1. The Morgan fingerprint density at radius 2 is 1.95 bits per heavy atom. The van der Waals surface area contributed by atoms with Crippen LogP contribution in [0, 0.1) is 0 Å². The molecule has 108 valence electrons. The lowest BCUT2D eigenvalue weighted by atomic mass is 10.0. The molecule has 1 rings (SSSR count). The molecule has 0 aliphatic heterocycles. The molecule has 3 heteroatoms. The molecule has 0 saturated carbocycles. The Labute approximate surface area is 118 Å². The number of hydrogen-bond acceptors (Lipinski definition) is 3. The van der Waals surface area contributed by atoms with Crippen LogP contribution in [0.3, 0.4) is 0 Å². The third-order valence-electron chi connectivity index (χ3n) is 3.34. The van der Waals surface area contributed by atoms with Gasteiger partial charge in [-0.25, -0.2) is 0 Å². The first-order valence-corrected chi connectivity index (χ1v) is 7.23. The molecule has 1 aromatic carbocycles. The minimum Gasteiger partial charge on any atom is -0.383 e. The summed E-state index contributed by atoms with van der Waals surface area (Å²) in [6, 6.07) is 11.2. The number of methoxy groups -OCH3 is 1. The van der Waals surface area contributed by atoms with E-state index in [2.05, 4.69) is 54.5 Å². The van der Waals surface area contributed by atoms with Crippen molar-refractivity contribution in [3.63, 3.8) is 0 Å². The van der Waals surface area contributed by atoms with Crippen LogP contribution in [-0.4, -0.2) is 45.3 Å². The Morgan fingerprint density at radius 3 is 2.58 bits per heavy atom. The number of likely N-dealkylation sites (N-methyl/N-ethyl adjacent to an activating group) is 1. The fourth-order valence-corrected chi connectivity index (χ4v) is 2.15. The van der Waals surface area contributed by atoms with E-state index in [0.29, 0.717) is 6.04 Å². The van der Waals surface area contributed by atoms with Gasteiger partial charge in [0.25, 0.3) is 0 Å². The van der Waals surface area contributed by atoms with E-state index in [1.54, 1.807) is 7.11 Å². The van der Waals surface area contributed by atoms with Crippen LogP contribution in [0.1, 0.15) is 31.4 Å². The van der Waals surface area contributed by atoms with E-state index in [4.69, 9.17) is 4.74 Å². The maximum Gasteiger partial charge on any atom is 0.0589 e. The fraction of sp³-hybridized carbons (Fsp3) is 0.625. The van der Waals surface area contributed by atoms with Crippen LogP contribution >= 0.6 is 0 Å². The van der Waals surface area contributed by atoms with Gasteiger partial charge in [0.05, 0.1) is 6.61 Å². The molecule has 0 amide bonds. The number of benzene rings is 1. The summed E-state index contributed by atoms with van der Waals surface area (Å²) in [4.78, 5) is 2.30. The molecule has 0 bridgehead atoms. The highest BCUT2D eigenvalue weighted by atomic mass is 16.5. The second-order valence-electron chi connectivity index (χ2n) is 5.00. The zero-order chi connectivity index (χ0) is 13.9. The van der Waals surface area contributed by atoms with E-state index >= 15 is 0 Å². The first-order valence-electron chi connectivity index (χ1n) is 7.23. The predicted octanol–water partition coefficient (Wildman–Crippen LogP) is 2.70. The van der Waals surface area contributed by atoms with Crippen molar-refractivity contribution in [2.45, 2.75) is 25.8 Å². The maximum atomic E-state index is 5.09. The quantitative estimate of drug-likeness (QED) is 0.703. The zero-order valence-electron chi connectivity index (χ0n) is 12.6. The van der Waals surface area contributed by atoms with E-state index in [9.17, 15) is 0 Å². The molecular weight excluding hydrogens is 236 g/mol. The minimum atomic E-state index is 0.474. The summed E-state index contributed by atoms with van der Waals surface area (Å²) >= 11 is 0. The summed E-state index contributed by atoms with van der Waals surface area (Å²) in [6.45, 7) is 6.09. The highest BCUT2D eigenvalue weighted by Crippen LogP contribution is 2.17. The average molecular weight is 264 g/mol. The van der Waals surface area contributed by atoms with Gasteiger partial charge in [0.1, 0.15) is 0 Å². The fourth-order valence-electron chi connectivity index (χ4n) is 2.15. The molecule has 0 aromatic heterocycles. The lowest BCUT2D eigenvalue weighted by molar-refractivity contribution is 0.161. The summed E-state index contributed by atoms with van der Waals surface area (Å²) in [5.74, 6) is 0. The smallest absolute Gasteiger partial charge is 0.0589 e. The molecule has 1 unspecified atom stereocenters. The Kier molecular flexibility index (Phi) is 8.47. The third-order valence-corrected chi connectivity index (χ3v) is 3.34. The van der Waals surface area contributed by atoms with Crippen molar-refractivity contribution in [2.75, 3.05) is 40.4 Å². The second kappa shape index (κ2) is 9.96. The molecule has 0 heterocycles. The van der Waals surface area contributed by atoms with Gasteiger partial charge in [-0.2, -0.15) is 0 Å². The number of ether oxygens (including phenoxy) is 1. The van der Waals surface area contributed by atoms with Gasteiger partial charge in [0, 0.05) is 32.8 Å². The number of nitrogens with one attached hydrogen (secondary N) is 1. The molecule has 1 aromatic rings. The van der Waals surface area contributed by atoms with Crippen LogP contribution in [0.5, 0.6) is 0 Å². The van der Waals surface area contributed by atoms with Gasteiger partial charge in [-0.1, -0.05) is 43.7 Å². The van der Waals surface area contributed by atoms with Crippen molar-refractivity contribution >= 4 is 0 Å². The Hall–Kier alpha value is -0.900. The van der Waals surface area contributed by atoms with E-state index in [-0.39, 0.29) is 0 Å². The summed E-state index contributed by atoms with van der Waals surface area (Å²) < 4.78 is 5.09. The van der Waals surface area contributed by atoms with Gasteiger partial charge in [-0.05, 0) is 19.0 Å². The lowest BCUT2D eigenvalue weighted by Crippen LogP contribution is -2.33. The van der Waals surface area contributed by atoms with Crippen LogP contribution in [0.2, 0.25) is 0 Å². The summed E-state index contributed by atoms with van der Waals surface area (Å²) in [6.07, 6.45) is 2.39. The number of hydrogen-bond donors (Lipinski definition) is 1. The first kappa shape index (κ1) is 16.2. The Balaban J connectivity index is 2.34. The third kappa shape index (κ3) is 6.71. The lowest BCUT2D eigenvalue weighted by Gasteiger charge is -2.21. The van der Waals surface area contributed by atoms with E-state index in [1.807, 2.05) is 0 Å². The summed E-state index contributed by atoms with van der Waals surface area (Å²) in [5, 5.41) is 3.66. The van der Waals surface area contributed by atoms with Gasteiger partial charge in [-0.15, -0.1) is 0 Å². The van der Waals surface area contributed by atoms with E-state index in [1.165, 1.54) is 18.4 Å². The monoisotopic (exact) mass is 264 g/mol. The summed E-state index contributed by atoms with van der Waals surface area (Å²) in [5.41, 5.74) is 1.39. The van der Waals surface area contributed by atoms with Crippen LogP contribution in [0.15, 0.2) is 30.3 Å². The standard InChI is InChI=1S/C16H28N2O/c1-4-8-16(15-9-6-5-7-10-15)17-11-12-18(2)13-14-19-3/h5-7,9-10,16-17H,4,8,11-14H2,1-3H3. The van der Waals surface area contributed by atoms with Gasteiger partial charge in [0.2, 0.25) is 0 Å². The normalized spacial score (nSPS) is 12.8. The first-order chi connectivity index (χ1) is 9.27. The largest absolute Gasteiger partial charge is 0.383 e. The van der Waals surface area contributed by atoms with Gasteiger partial charge in [0.15, 0.2) is 0 Å².